The largest absolute Gasteiger partial charge is 0.481 e. The minimum Gasteiger partial charge on any atom is -0.481 e. The Morgan fingerprint density at radius 2 is 2.12 bits per heavy atom. The number of hydrogen-bond donors (Lipinski definition) is 1. The number of methoxy groups -OCH3 is 1. The standard InChI is InChI=1S/C11H17NO3S/c1-11(2,3)10-12-7(6-15-4)8(16-10)5-9(13)14/h5-6H2,1-4H3,(H,13,14). The minimum atomic E-state index is -0.832. The van der Waals surface area contributed by atoms with Crippen molar-refractivity contribution in [3.05, 3.63) is 15.6 Å². The topological polar surface area (TPSA) is 59.4 Å². The molecule has 0 aliphatic heterocycles. The molecule has 4 nitrogen and oxygen atoms in total. The zero-order chi connectivity index (χ0) is 12.3. The Bertz CT molecular complexity index is 379. The fourth-order valence-corrected chi connectivity index (χ4v) is 2.34. The van der Waals surface area contributed by atoms with Gasteiger partial charge in [-0.3, -0.25) is 4.79 Å². The summed E-state index contributed by atoms with van der Waals surface area (Å²) in [6.07, 6.45) is 0.0203. The molecule has 0 aliphatic carbocycles. The number of carboxylic acids is 1. The highest BCUT2D eigenvalue weighted by atomic mass is 32.1. The average molecular weight is 243 g/mol. The van der Waals surface area contributed by atoms with Gasteiger partial charge < -0.3 is 9.84 Å². The van der Waals surface area contributed by atoms with Crippen molar-refractivity contribution in [2.45, 2.75) is 39.2 Å². The van der Waals surface area contributed by atoms with Gasteiger partial charge in [-0.05, 0) is 0 Å². The van der Waals surface area contributed by atoms with Crippen LogP contribution >= 0.6 is 11.3 Å². The van der Waals surface area contributed by atoms with E-state index in [2.05, 4.69) is 25.8 Å². The Balaban J connectivity index is 3.04. The number of nitrogens with zero attached hydrogens (tertiary/aromatic N) is 1. The van der Waals surface area contributed by atoms with Crippen molar-refractivity contribution in [2.75, 3.05) is 7.11 Å². The quantitative estimate of drug-likeness (QED) is 0.880. The van der Waals surface area contributed by atoms with Crippen molar-refractivity contribution in [3.63, 3.8) is 0 Å². The van der Waals surface area contributed by atoms with Gasteiger partial charge in [-0.1, -0.05) is 20.8 Å². The summed E-state index contributed by atoms with van der Waals surface area (Å²) in [5.41, 5.74) is 0.698. The smallest absolute Gasteiger partial charge is 0.308 e. The fraction of sp³-hybridized carbons (Fsp3) is 0.636. The first kappa shape index (κ1) is 13.1. The molecule has 1 aromatic heterocycles. The third-order valence-electron chi connectivity index (χ3n) is 2.01. The summed E-state index contributed by atoms with van der Waals surface area (Å²) < 4.78 is 5.03. The van der Waals surface area contributed by atoms with Crippen LogP contribution in [0.25, 0.3) is 0 Å². The van der Waals surface area contributed by atoms with E-state index in [4.69, 9.17) is 9.84 Å². The molecule has 0 aliphatic rings. The van der Waals surface area contributed by atoms with Crippen LogP contribution in [-0.4, -0.2) is 23.2 Å². The SMILES string of the molecule is COCc1nc(C(C)(C)C)sc1CC(=O)O. The maximum Gasteiger partial charge on any atom is 0.308 e. The molecule has 0 aromatic carbocycles. The van der Waals surface area contributed by atoms with Crippen molar-refractivity contribution < 1.29 is 14.6 Å². The molecule has 1 aromatic rings. The summed E-state index contributed by atoms with van der Waals surface area (Å²) in [6.45, 7) is 6.56. The van der Waals surface area contributed by atoms with E-state index in [0.717, 1.165) is 15.6 Å². The van der Waals surface area contributed by atoms with E-state index in [1.54, 1.807) is 7.11 Å². The predicted octanol–water partition coefficient (Wildman–Crippen LogP) is 2.21. The van der Waals surface area contributed by atoms with E-state index >= 15 is 0 Å². The molecular weight excluding hydrogens is 226 g/mol. The molecule has 0 bridgehead atoms. The maximum absolute atomic E-state index is 10.7. The van der Waals surface area contributed by atoms with Crippen LogP contribution < -0.4 is 0 Å². The lowest BCUT2D eigenvalue weighted by atomic mass is 9.98. The summed E-state index contributed by atoms with van der Waals surface area (Å²) in [7, 11) is 1.58. The number of thiazole rings is 1. The van der Waals surface area contributed by atoms with Gasteiger partial charge in [0.15, 0.2) is 0 Å². The molecule has 0 amide bonds. The van der Waals surface area contributed by atoms with Gasteiger partial charge in [0.05, 0.1) is 23.7 Å². The molecular formula is C11H17NO3S. The number of hydrogen-bond acceptors (Lipinski definition) is 4. The number of rotatable bonds is 4. The minimum absolute atomic E-state index is 0.0203. The van der Waals surface area contributed by atoms with Crippen molar-refractivity contribution in [3.8, 4) is 0 Å². The number of ether oxygens (including phenoxy) is 1. The average Bonchev–Trinajstić information content (AvgIpc) is 2.47. The second-order valence-electron chi connectivity index (χ2n) is 4.64. The third kappa shape index (κ3) is 3.28. The molecule has 0 atom stereocenters. The van der Waals surface area contributed by atoms with Crippen LogP contribution in [0.2, 0.25) is 0 Å². The predicted molar refractivity (Wildman–Crippen MR) is 62.9 cm³/mol. The van der Waals surface area contributed by atoms with E-state index in [9.17, 15) is 4.79 Å². The van der Waals surface area contributed by atoms with Gasteiger partial charge in [-0.15, -0.1) is 11.3 Å². The van der Waals surface area contributed by atoms with Crippen molar-refractivity contribution in [2.24, 2.45) is 0 Å². The first-order valence-corrected chi connectivity index (χ1v) is 5.86. The summed E-state index contributed by atoms with van der Waals surface area (Å²) in [6, 6.07) is 0. The number of aliphatic carboxylic acids is 1. The molecule has 0 unspecified atom stereocenters. The van der Waals surface area contributed by atoms with Crippen LogP contribution in [-0.2, 0) is 28.0 Å². The van der Waals surface area contributed by atoms with Crippen molar-refractivity contribution in [1.29, 1.82) is 0 Å². The molecule has 5 heteroatoms. The van der Waals surface area contributed by atoms with Crippen molar-refractivity contribution >= 4 is 17.3 Å². The molecule has 0 saturated heterocycles. The van der Waals surface area contributed by atoms with Crippen LogP contribution in [0.3, 0.4) is 0 Å². The van der Waals surface area contributed by atoms with Gasteiger partial charge in [0, 0.05) is 17.4 Å². The van der Waals surface area contributed by atoms with Crippen molar-refractivity contribution in [1.82, 2.24) is 4.98 Å². The normalized spacial score (nSPS) is 11.8. The van der Waals surface area contributed by atoms with E-state index in [1.807, 2.05) is 0 Å². The lowest BCUT2D eigenvalue weighted by Crippen LogP contribution is -2.10. The maximum atomic E-state index is 10.7. The molecule has 16 heavy (non-hydrogen) atoms. The lowest BCUT2D eigenvalue weighted by Gasteiger charge is -2.13. The van der Waals surface area contributed by atoms with Crippen LogP contribution in [0.5, 0.6) is 0 Å². The zero-order valence-corrected chi connectivity index (χ0v) is 10.8. The van der Waals surface area contributed by atoms with Gasteiger partial charge in [0.25, 0.3) is 0 Å². The molecule has 1 heterocycles. The summed E-state index contributed by atoms with van der Waals surface area (Å²) in [5, 5.41) is 9.76. The Labute approximate surface area is 99.3 Å². The molecule has 90 valence electrons. The van der Waals surface area contributed by atoms with Crippen LogP contribution in [0.1, 0.15) is 36.3 Å². The molecule has 0 spiro atoms. The third-order valence-corrected chi connectivity index (χ3v) is 3.54. The number of carbonyl (C=O) groups is 1. The monoisotopic (exact) mass is 243 g/mol. The summed E-state index contributed by atoms with van der Waals surface area (Å²) in [4.78, 5) is 16.0. The first-order valence-electron chi connectivity index (χ1n) is 5.04. The fourth-order valence-electron chi connectivity index (χ4n) is 1.23. The van der Waals surface area contributed by atoms with E-state index in [-0.39, 0.29) is 11.8 Å². The Morgan fingerprint density at radius 3 is 2.56 bits per heavy atom. The van der Waals surface area contributed by atoms with E-state index in [1.165, 1.54) is 11.3 Å². The first-order chi connectivity index (χ1) is 7.34. The summed E-state index contributed by atoms with van der Waals surface area (Å²) in [5.74, 6) is -0.832. The van der Waals surface area contributed by atoms with Gasteiger partial charge >= 0.3 is 5.97 Å². The van der Waals surface area contributed by atoms with Gasteiger partial charge in [0.2, 0.25) is 0 Å². The van der Waals surface area contributed by atoms with E-state index in [0.29, 0.717) is 6.61 Å². The Hall–Kier alpha value is -0.940. The van der Waals surface area contributed by atoms with E-state index < -0.39 is 5.97 Å². The molecule has 0 saturated carbocycles. The van der Waals surface area contributed by atoms with Crippen LogP contribution in [0.4, 0.5) is 0 Å². The Morgan fingerprint density at radius 1 is 1.50 bits per heavy atom. The highest BCUT2D eigenvalue weighted by Crippen LogP contribution is 2.30. The number of carboxylic acid groups (broad SMARTS) is 1. The highest BCUT2D eigenvalue weighted by molar-refractivity contribution is 7.12. The number of aromatic nitrogens is 1. The second kappa shape index (κ2) is 4.93. The zero-order valence-electron chi connectivity index (χ0n) is 10.0. The Kier molecular flexibility index (Phi) is 4.04. The lowest BCUT2D eigenvalue weighted by molar-refractivity contribution is -0.136. The molecule has 1 rings (SSSR count). The van der Waals surface area contributed by atoms with Gasteiger partial charge in [-0.2, -0.15) is 0 Å². The van der Waals surface area contributed by atoms with Crippen LogP contribution in [0, 0.1) is 0 Å². The van der Waals surface area contributed by atoms with Gasteiger partial charge in [-0.25, -0.2) is 4.98 Å². The van der Waals surface area contributed by atoms with Crippen LogP contribution in [0.15, 0.2) is 0 Å². The highest BCUT2D eigenvalue weighted by Gasteiger charge is 2.22. The molecule has 0 radical (unpaired) electrons. The molecule has 0 fully saturated rings. The molecule has 1 N–H and O–H groups in total. The second-order valence-corrected chi connectivity index (χ2v) is 5.73. The van der Waals surface area contributed by atoms with Gasteiger partial charge in [0.1, 0.15) is 0 Å². The summed E-state index contributed by atoms with van der Waals surface area (Å²) >= 11 is 1.46.